The van der Waals surface area contributed by atoms with Crippen molar-refractivity contribution in [1.82, 2.24) is 15.6 Å². The monoisotopic (exact) mass is 406 g/mol. The number of nitrogens with two attached hydrogens (primary N) is 1. The van der Waals surface area contributed by atoms with Crippen molar-refractivity contribution < 1.29 is 18.4 Å². The summed E-state index contributed by atoms with van der Waals surface area (Å²) in [5, 5.41) is 2.58. The highest BCUT2D eigenvalue weighted by molar-refractivity contribution is 7.99. The number of nitrogens with one attached hydrogen (secondary N) is 2. The first-order valence-electron chi connectivity index (χ1n) is 8.67. The average molecular weight is 406 g/mol. The fraction of sp³-hybridized carbons (Fsp3) is 0.263. The molecule has 3 rings (SSSR count). The van der Waals surface area contributed by atoms with Gasteiger partial charge in [-0.05, 0) is 23.8 Å². The summed E-state index contributed by atoms with van der Waals surface area (Å²) in [7, 11) is 0. The molecule has 3 amide bonds. The molecule has 0 bridgehead atoms. The Kier molecular flexibility index (Phi) is 6.48. The van der Waals surface area contributed by atoms with Crippen LogP contribution in [0.5, 0.6) is 0 Å². The number of benzene rings is 2. The van der Waals surface area contributed by atoms with E-state index in [0.29, 0.717) is 36.5 Å². The number of carbonyl (C=O) groups excluding carboxylic acids is 2. The third kappa shape index (κ3) is 4.79. The molecule has 1 aliphatic heterocycles. The second-order valence-electron chi connectivity index (χ2n) is 6.30. The Morgan fingerprint density at radius 2 is 1.93 bits per heavy atom. The van der Waals surface area contributed by atoms with Gasteiger partial charge < -0.3 is 10.2 Å². The largest absolute Gasteiger partial charge is 0.334 e. The molecule has 2 aromatic carbocycles. The van der Waals surface area contributed by atoms with Crippen molar-refractivity contribution >= 4 is 23.7 Å². The smallest absolute Gasteiger partial charge is 0.317 e. The van der Waals surface area contributed by atoms with E-state index in [0.717, 1.165) is 11.6 Å². The van der Waals surface area contributed by atoms with Crippen LogP contribution in [0.25, 0.3) is 0 Å². The standard InChI is InChI=1S/C19H20F2N4O2S/c20-14-5-6-15(16(21)9-14)17-11-25(7-8-28-17)19(27)23-10-12-1-3-13(4-2-12)18(26)24-22/h1-6,9,17H,7-8,10-11,22H2,(H,23,27)(H,24,26). The van der Waals surface area contributed by atoms with Gasteiger partial charge in [-0.3, -0.25) is 10.2 Å². The minimum atomic E-state index is -0.619. The van der Waals surface area contributed by atoms with E-state index < -0.39 is 11.6 Å². The van der Waals surface area contributed by atoms with Gasteiger partial charge in [0.2, 0.25) is 0 Å². The third-order valence-electron chi connectivity index (χ3n) is 4.45. The van der Waals surface area contributed by atoms with Gasteiger partial charge in [-0.15, -0.1) is 11.8 Å². The Morgan fingerprint density at radius 3 is 2.61 bits per heavy atom. The molecule has 2 aromatic rings. The van der Waals surface area contributed by atoms with Crippen LogP contribution in [-0.2, 0) is 6.54 Å². The lowest BCUT2D eigenvalue weighted by Gasteiger charge is -2.32. The highest BCUT2D eigenvalue weighted by atomic mass is 32.2. The summed E-state index contributed by atoms with van der Waals surface area (Å²) in [6, 6.07) is 9.97. The number of rotatable bonds is 4. The molecule has 0 aromatic heterocycles. The molecule has 28 heavy (non-hydrogen) atoms. The van der Waals surface area contributed by atoms with Crippen LogP contribution < -0.4 is 16.6 Å². The number of hydrogen-bond acceptors (Lipinski definition) is 4. The molecule has 1 fully saturated rings. The van der Waals surface area contributed by atoms with Crippen LogP contribution >= 0.6 is 11.8 Å². The molecular formula is C19H20F2N4O2S. The lowest BCUT2D eigenvalue weighted by Crippen LogP contribution is -2.45. The maximum Gasteiger partial charge on any atom is 0.317 e. The molecule has 9 heteroatoms. The van der Waals surface area contributed by atoms with Crippen LogP contribution in [0.3, 0.4) is 0 Å². The molecule has 1 saturated heterocycles. The summed E-state index contributed by atoms with van der Waals surface area (Å²) >= 11 is 1.55. The van der Waals surface area contributed by atoms with Gasteiger partial charge in [0.1, 0.15) is 11.6 Å². The van der Waals surface area contributed by atoms with Crippen molar-refractivity contribution in [2.75, 3.05) is 18.8 Å². The summed E-state index contributed by atoms with van der Waals surface area (Å²) < 4.78 is 27.2. The maximum atomic E-state index is 14.0. The number of urea groups is 1. The van der Waals surface area contributed by atoms with Crippen LogP contribution in [0, 0.1) is 11.6 Å². The van der Waals surface area contributed by atoms with Gasteiger partial charge in [-0.2, -0.15) is 0 Å². The van der Waals surface area contributed by atoms with E-state index in [1.807, 2.05) is 0 Å². The molecule has 148 valence electrons. The Morgan fingerprint density at radius 1 is 1.18 bits per heavy atom. The predicted molar refractivity (Wildman–Crippen MR) is 103 cm³/mol. The van der Waals surface area contributed by atoms with Crippen LogP contribution in [-0.4, -0.2) is 35.7 Å². The minimum absolute atomic E-state index is 0.242. The Labute approximate surface area is 165 Å². The van der Waals surface area contributed by atoms with Crippen molar-refractivity contribution in [2.24, 2.45) is 5.84 Å². The molecule has 1 atom stereocenters. The van der Waals surface area contributed by atoms with E-state index in [2.05, 4.69) is 10.7 Å². The van der Waals surface area contributed by atoms with Crippen molar-refractivity contribution in [1.29, 1.82) is 0 Å². The molecule has 1 heterocycles. The molecule has 0 saturated carbocycles. The van der Waals surface area contributed by atoms with Crippen LogP contribution in [0.2, 0.25) is 0 Å². The first-order chi connectivity index (χ1) is 13.5. The molecule has 1 unspecified atom stereocenters. The molecule has 0 spiro atoms. The topological polar surface area (TPSA) is 87.5 Å². The van der Waals surface area contributed by atoms with E-state index in [1.54, 1.807) is 40.9 Å². The Hall–Kier alpha value is -2.65. The van der Waals surface area contributed by atoms with E-state index in [1.165, 1.54) is 12.1 Å². The van der Waals surface area contributed by atoms with Crippen molar-refractivity contribution in [3.05, 3.63) is 70.8 Å². The highest BCUT2D eigenvalue weighted by Crippen LogP contribution is 2.34. The SMILES string of the molecule is NNC(=O)c1ccc(CNC(=O)N2CCSC(c3ccc(F)cc3F)C2)cc1. The number of nitrogen functional groups attached to an aromatic ring is 1. The van der Waals surface area contributed by atoms with Crippen molar-refractivity contribution in [2.45, 2.75) is 11.8 Å². The molecule has 4 N–H and O–H groups in total. The van der Waals surface area contributed by atoms with E-state index in [4.69, 9.17) is 5.84 Å². The summed E-state index contributed by atoms with van der Waals surface area (Å²) in [5.41, 5.74) is 3.71. The number of thioether (sulfide) groups is 1. The zero-order valence-electron chi connectivity index (χ0n) is 15.0. The first-order valence-corrected chi connectivity index (χ1v) is 9.72. The number of hydrazine groups is 1. The number of carbonyl (C=O) groups is 2. The fourth-order valence-electron chi connectivity index (χ4n) is 2.93. The summed E-state index contributed by atoms with van der Waals surface area (Å²) in [6.07, 6.45) is 0. The van der Waals surface area contributed by atoms with Gasteiger partial charge in [0.05, 0.1) is 5.25 Å². The molecule has 0 aliphatic carbocycles. The van der Waals surface area contributed by atoms with Gasteiger partial charge in [-0.25, -0.2) is 19.4 Å². The lowest BCUT2D eigenvalue weighted by molar-refractivity contribution is 0.0953. The highest BCUT2D eigenvalue weighted by Gasteiger charge is 2.27. The summed E-state index contributed by atoms with van der Waals surface area (Å²) in [6.45, 7) is 1.18. The fourth-order valence-corrected chi connectivity index (χ4v) is 4.20. The molecule has 0 radical (unpaired) electrons. The van der Waals surface area contributed by atoms with Crippen molar-refractivity contribution in [3.8, 4) is 0 Å². The summed E-state index contributed by atoms with van der Waals surface area (Å²) in [4.78, 5) is 25.5. The van der Waals surface area contributed by atoms with E-state index in [9.17, 15) is 18.4 Å². The van der Waals surface area contributed by atoms with Crippen LogP contribution in [0.1, 0.15) is 26.7 Å². The average Bonchev–Trinajstić information content (AvgIpc) is 2.72. The predicted octanol–water partition coefficient (Wildman–Crippen LogP) is 2.57. The number of hydrogen-bond donors (Lipinski definition) is 3. The first kappa shape index (κ1) is 20.1. The van der Waals surface area contributed by atoms with Gasteiger partial charge in [0.15, 0.2) is 0 Å². The molecular weight excluding hydrogens is 386 g/mol. The number of halogens is 2. The van der Waals surface area contributed by atoms with Crippen LogP contribution in [0.15, 0.2) is 42.5 Å². The summed E-state index contributed by atoms with van der Waals surface area (Å²) in [5.74, 6) is 4.15. The zero-order valence-corrected chi connectivity index (χ0v) is 15.8. The van der Waals surface area contributed by atoms with Crippen molar-refractivity contribution in [3.63, 3.8) is 0 Å². The maximum absolute atomic E-state index is 14.0. The zero-order chi connectivity index (χ0) is 20.1. The second-order valence-corrected chi connectivity index (χ2v) is 7.61. The second kappa shape index (κ2) is 9.03. The Bertz CT molecular complexity index is 864. The molecule has 6 nitrogen and oxygen atoms in total. The van der Waals surface area contributed by atoms with Gasteiger partial charge in [-0.1, -0.05) is 18.2 Å². The number of nitrogens with zero attached hydrogens (tertiary/aromatic N) is 1. The normalized spacial score (nSPS) is 16.5. The minimum Gasteiger partial charge on any atom is -0.334 e. The van der Waals surface area contributed by atoms with Gasteiger partial charge >= 0.3 is 6.03 Å². The lowest BCUT2D eigenvalue weighted by atomic mass is 10.1. The number of amides is 3. The quantitative estimate of drug-likeness (QED) is 0.414. The van der Waals surface area contributed by atoms with E-state index >= 15 is 0 Å². The molecule has 1 aliphatic rings. The Balaban J connectivity index is 1.57. The third-order valence-corrected chi connectivity index (χ3v) is 5.68. The van der Waals surface area contributed by atoms with Crippen LogP contribution in [0.4, 0.5) is 13.6 Å². The van der Waals surface area contributed by atoms with Gasteiger partial charge in [0.25, 0.3) is 5.91 Å². The van der Waals surface area contributed by atoms with E-state index in [-0.39, 0.29) is 17.2 Å². The van der Waals surface area contributed by atoms with Gasteiger partial charge in [0, 0.05) is 42.6 Å².